The second-order valence-corrected chi connectivity index (χ2v) is 7.16. The lowest BCUT2D eigenvalue weighted by Gasteiger charge is -2.16. The Balaban J connectivity index is 0.00000208. The maximum Gasteiger partial charge on any atom is 0.315 e. The number of pyridine rings is 1. The van der Waals surface area contributed by atoms with Gasteiger partial charge < -0.3 is 21.7 Å². The number of unbranched alkanes of at least 4 members (excludes halogenated alkanes) is 1. The van der Waals surface area contributed by atoms with Crippen LogP contribution in [0.1, 0.15) is 25.7 Å². The van der Waals surface area contributed by atoms with E-state index in [0.29, 0.717) is 23.2 Å². The lowest BCUT2D eigenvalue weighted by molar-refractivity contribution is -0.116. The zero-order chi connectivity index (χ0) is 16.2. The summed E-state index contributed by atoms with van der Waals surface area (Å²) in [5.74, 6) is 1.40. The standard InChI is InChI=1S/C15H21N5O2S.ClH/c16-12-6-5-9(7-17-12)18-13(21)4-2-1-3-11-14-10(8-23-11)19-15(22)20-14;/h5-7,10-11,14H,1-4,8H2,(H2,16,17)(H,18,21)(H2,19,20,22);1H/t10-,11-,14-;/m0./s1. The normalized spacial score (nSPS) is 24.5. The Hall–Kier alpha value is -1.67. The van der Waals surface area contributed by atoms with Gasteiger partial charge in [-0.2, -0.15) is 11.8 Å². The first-order valence-corrected chi connectivity index (χ1v) is 8.87. The van der Waals surface area contributed by atoms with Gasteiger partial charge in [0.1, 0.15) is 5.82 Å². The minimum atomic E-state index is -0.0539. The number of nitrogens with two attached hydrogens (primary N) is 1. The molecule has 1 aromatic rings. The summed E-state index contributed by atoms with van der Waals surface area (Å²) >= 11 is 1.90. The van der Waals surface area contributed by atoms with Crippen molar-refractivity contribution >= 4 is 47.6 Å². The van der Waals surface area contributed by atoms with Crippen molar-refractivity contribution in [2.24, 2.45) is 0 Å². The van der Waals surface area contributed by atoms with E-state index in [0.717, 1.165) is 25.0 Å². The molecule has 0 unspecified atom stereocenters. The van der Waals surface area contributed by atoms with Gasteiger partial charge in [-0.1, -0.05) is 6.42 Å². The minimum Gasteiger partial charge on any atom is -0.384 e. The Morgan fingerprint density at radius 1 is 1.38 bits per heavy atom. The van der Waals surface area contributed by atoms with Gasteiger partial charge in [0.15, 0.2) is 0 Å². The van der Waals surface area contributed by atoms with Crippen LogP contribution in [0, 0.1) is 0 Å². The number of nitrogens with one attached hydrogen (secondary N) is 3. The van der Waals surface area contributed by atoms with Crippen LogP contribution in [0.5, 0.6) is 0 Å². The molecule has 7 nitrogen and oxygen atoms in total. The largest absolute Gasteiger partial charge is 0.384 e. The molecule has 24 heavy (non-hydrogen) atoms. The van der Waals surface area contributed by atoms with Crippen molar-refractivity contribution in [2.75, 3.05) is 16.8 Å². The highest BCUT2D eigenvalue weighted by atomic mass is 35.5. The zero-order valence-corrected chi connectivity index (χ0v) is 14.8. The third kappa shape index (κ3) is 4.67. The van der Waals surface area contributed by atoms with Crippen LogP contribution in [0.25, 0.3) is 0 Å². The predicted molar refractivity (Wildman–Crippen MR) is 98.5 cm³/mol. The molecule has 2 aliphatic rings. The molecule has 0 bridgehead atoms. The average Bonchev–Trinajstić information content (AvgIpc) is 3.06. The van der Waals surface area contributed by atoms with Crippen molar-refractivity contribution in [3.8, 4) is 0 Å². The molecule has 3 rings (SSSR count). The van der Waals surface area contributed by atoms with Crippen LogP contribution in [-0.2, 0) is 4.79 Å². The van der Waals surface area contributed by atoms with Gasteiger partial charge in [0, 0.05) is 17.4 Å². The highest BCUT2D eigenvalue weighted by molar-refractivity contribution is 8.00. The third-order valence-electron chi connectivity index (χ3n) is 4.15. The highest BCUT2D eigenvalue weighted by Crippen LogP contribution is 2.33. The number of carbonyl (C=O) groups excluding carboxylic acids is 2. The lowest BCUT2D eigenvalue weighted by Crippen LogP contribution is -2.36. The number of nitrogens with zero attached hydrogens (tertiary/aromatic N) is 1. The summed E-state index contributed by atoms with van der Waals surface area (Å²) < 4.78 is 0. The van der Waals surface area contributed by atoms with E-state index >= 15 is 0 Å². The highest BCUT2D eigenvalue weighted by Gasteiger charge is 2.42. The molecule has 0 saturated carbocycles. The number of carbonyl (C=O) groups is 2. The Morgan fingerprint density at radius 2 is 2.21 bits per heavy atom. The molecule has 2 fully saturated rings. The van der Waals surface area contributed by atoms with E-state index in [4.69, 9.17) is 5.73 Å². The number of fused-ring (bicyclic) bond motifs is 1. The number of rotatable bonds is 6. The van der Waals surface area contributed by atoms with Gasteiger partial charge in [0.2, 0.25) is 5.91 Å². The van der Waals surface area contributed by atoms with Crippen LogP contribution < -0.4 is 21.7 Å². The van der Waals surface area contributed by atoms with Crippen LogP contribution in [-0.4, -0.2) is 40.0 Å². The molecule has 132 valence electrons. The van der Waals surface area contributed by atoms with Gasteiger partial charge in [-0.05, 0) is 25.0 Å². The topological polar surface area (TPSA) is 109 Å². The van der Waals surface area contributed by atoms with Gasteiger partial charge in [-0.25, -0.2) is 9.78 Å². The van der Waals surface area contributed by atoms with Crippen LogP contribution in [0.4, 0.5) is 16.3 Å². The Labute approximate surface area is 151 Å². The van der Waals surface area contributed by atoms with Crippen LogP contribution >= 0.6 is 24.2 Å². The summed E-state index contributed by atoms with van der Waals surface area (Å²) in [5, 5.41) is 9.18. The molecule has 5 N–H and O–H groups in total. The fourth-order valence-corrected chi connectivity index (χ4v) is 4.52. The van der Waals surface area contributed by atoms with Crippen LogP contribution in [0.3, 0.4) is 0 Å². The number of amides is 3. The van der Waals surface area contributed by atoms with E-state index in [1.807, 2.05) is 11.8 Å². The molecule has 0 aliphatic carbocycles. The van der Waals surface area contributed by atoms with E-state index in [1.54, 1.807) is 18.3 Å². The number of anilines is 2. The van der Waals surface area contributed by atoms with Crippen molar-refractivity contribution in [3.63, 3.8) is 0 Å². The summed E-state index contributed by atoms with van der Waals surface area (Å²) in [6.07, 6.45) is 4.87. The van der Waals surface area contributed by atoms with E-state index in [9.17, 15) is 9.59 Å². The molecule has 2 aliphatic heterocycles. The monoisotopic (exact) mass is 371 g/mol. The van der Waals surface area contributed by atoms with E-state index in [1.165, 1.54) is 0 Å². The first-order valence-electron chi connectivity index (χ1n) is 7.82. The molecule has 9 heteroatoms. The lowest BCUT2D eigenvalue weighted by atomic mass is 10.0. The van der Waals surface area contributed by atoms with Gasteiger partial charge in [-0.15, -0.1) is 12.4 Å². The number of aromatic nitrogens is 1. The van der Waals surface area contributed by atoms with Gasteiger partial charge in [-0.3, -0.25) is 4.79 Å². The Morgan fingerprint density at radius 3 is 2.96 bits per heavy atom. The summed E-state index contributed by atoms with van der Waals surface area (Å²) in [5.41, 5.74) is 6.17. The summed E-state index contributed by atoms with van der Waals surface area (Å²) in [6.45, 7) is 0. The molecule has 0 spiro atoms. The van der Waals surface area contributed by atoms with Crippen molar-refractivity contribution in [2.45, 2.75) is 43.0 Å². The molecule has 2 saturated heterocycles. The maximum absolute atomic E-state index is 11.9. The molecule has 1 aromatic heterocycles. The van der Waals surface area contributed by atoms with Crippen molar-refractivity contribution in [1.82, 2.24) is 15.6 Å². The molecule has 0 aromatic carbocycles. The quantitative estimate of drug-likeness (QED) is 0.450. The molecular formula is C15H22ClN5O2S. The van der Waals surface area contributed by atoms with Gasteiger partial charge in [0.05, 0.1) is 24.0 Å². The number of hydrogen-bond acceptors (Lipinski definition) is 5. The van der Waals surface area contributed by atoms with Crippen LogP contribution in [0.2, 0.25) is 0 Å². The van der Waals surface area contributed by atoms with Crippen molar-refractivity contribution < 1.29 is 9.59 Å². The second kappa shape index (κ2) is 8.43. The number of nitrogen functional groups attached to an aromatic ring is 1. The third-order valence-corrected chi connectivity index (χ3v) is 5.66. The van der Waals surface area contributed by atoms with Gasteiger partial charge in [0.25, 0.3) is 0 Å². The fourth-order valence-electron chi connectivity index (χ4n) is 2.98. The smallest absolute Gasteiger partial charge is 0.315 e. The SMILES string of the molecule is Cl.Nc1ccc(NC(=O)CCCC[C@@H]2SC[C@@H]3NC(=O)N[C@@H]32)cn1. The van der Waals surface area contributed by atoms with Crippen LogP contribution in [0.15, 0.2) is 18.3 Å². The summed E-state index contributed by atoms with van der Waals surface area (Å²) in [6, 6.07) is 3.85. The summed E-state index contributed by atoms with van der Waals surface area (Å²) in [4.78, 5) is 27.1. The van der Waals surface area contributed by atoms with E-state index < -0.39 is 0 Å². The predicted octanol–water partition coefficient (Wildman–Crippen LogP) is 1.75. The maximum atomic E-state index is 11.9. The first kappa shape index (κ1) is 18.7. The van der Waals surface area contributed by atoms with Gasteiger partial charge >= 0.3 is 6.03 Å². The number of halogens is 1. The molecule has 0 radical (unpaired) electrons. The van der Waals surface area contributed by atoms with Crippen molar-refractivity contribution in [1.29, 1.82) is 0 Å². The first-order chi connectivity index (χ1) is 11.1. The van der Waals surface area contributed by atoms with Crippen molar-refractivity contribution in [3.05, 3.63) is 18.3 Å². The minimum absolute atomic E-state index is 0. The summed E-state index contributed by atoms with van der Waals surface area (Å²) in [7, 11) is 0. The molecular weight excluding hydrogens is 350 g/mol. The fraction of sp³-hybridized carbons (Fsp3) is 0.533. The Kier molecular flexibility index (Phi) is 6.56. The number of thioether (sulfide) groups is 1. The van der Waals surface area contributed by atoms with E-state index in [-0.39, 0.29) is 36.4 Å². The van der Waals surface area contributed by atoms with E-state index in [2.05, 4.69) is 20.9 Å². The molecule has 3 heterocycles. The number of urea groups is 1. The average molecular weight is 372 g/mol. The second-order valence-electron chi connectivity index (χ2n) is 5.89. The number of hydrogen-bond donors (Lipinski definition) is 4. The molecule has 3 amide bonds. The zero-order valence-electron chi connectivity index (χ0n) is 13.2. The Bertz CT molecular complexity index is 586. The molecule has 3 atom stereocenters.